The summed E-state index contributed by atoms with van der Waals surface area (Å²) in [5, 5.41) is 0. The molecule has 3 aromatic rings. The highest BCUT2D eigenvalue weighted by Gasteiger charge is 2.13. The van der Waals surface area contributed by atoms with Gasteiger partial charge in [-0.3, -0.25) is 10.2 Å². The third-order valence-corrected chi connectivity index (χ3v) is 3.64. The van der Waals surface area contributed by atoms with E-state index in [1.807, 2.05) is 38.1 Å². The van der Waals surface area contributed by atoms with Crippen LogP contribution in [0.25, 0.3) is 11.0 Å². The highest BCUT2D eigenvalue weighted by Crippen LogP contribution is 2.28. The SMILES string of the molecule is CCCOc1ccc(C(=O)Nn2cnc3ccccc32)cc1OCC. The molecule has 0 saturated carbocycles. The summed E-state index contributed by atoms with van der Waals surface area (Å²) < 4.78 is 12.9. The minimum absolute atomic E-state index is 0.244. The van der Waals surface area contributed by atoms with E-state index in [4.69, 9.17) is 9.47 Å². The minimum Gasteiger partial charge on any atom is -0.490 e. The Kier molecular flexibility index (Phi) is 5.18. The van der Waals surface area contributed by atoms with E-state index in [1.165, 1.54) is 0 Å². The maximum Gasteiger partial charge on any atom is 0.270 e. The largest absolute Gasteiger partial charge is 0.490 e. The van der Waals surface area contributed by atoms with Crippen molar-refractivity contribution in [2.75, 3.05) is 18.6 Å². The summed E-state index contributed by atoms with van der Waals surface area (Å²) in [5.74, 6) is 0.971. The molecule has 1 heterocycles. The molecule has 0 spiro atoms. The van der Waals surface area contributed by atoms with Crippen LogP contribution >= 0.6 is 0 Å². The van der Waals surface area contributed by atoms with Crippen molar-refractivity contribution in [2.45, 2.75) is 20.3 Å². The summed E-state index contributed by atoms with van der Waals surface area (Å²) in [6, 6.07) is 12.8. The number of benzene rings is 2. The van der Waals surface area contributed by atoms with Crippen LogP contribution < -0.4 is 14.9 Å². The molecular weight excluding hydrogens is 318 g/mol. The minimum atomic E-state index is -0.244. The highest BCUT2D eigenvalue weighted by molar-refractivity contribution is 6.01. The van der Waals surface area contributed by atoms with Crippen LogP contribution in [0.3, 0.4) is 0 Å². The van der Waals surface area contributed by atoms with Crippen molar-refractivity contribution in [1.29, 1.82) is 0 Å². The van der Waals surface area contributed by atoms with Gasteiger partial charge in [0.05, 0.1) is 24.2 Å². The van der Waals surface area contributed by atoms with Gasteiger partial charge in [0.15, 0.2) is 11.5 Å². The first kappa shape index (κ1) is 16.8. The molecular formula is C19H21N3O3. The molecule has 1 aromatic heterocycles. The van der Waals surface area contributed by atoms with Gasteiger partial charge in [0.1, 0.15) is 6.33 Å². The Hall–Kier alpha value is -3.02. The van der Waals surface area contributed by atoms with Gasteiger partial charge in [-0.15, -0.1) is 0 Å². The van der Waals surface area contributed by atoms with Crippen LogP contribution in [-0.4, -0.2) is 28.8 Å². The number of carbonyl (C=O) groups is 1. The predicted molar refractivity (Wildman–Crippen MR) is 96.8 cm³/mol. The molecule has 25 heavy (non-hydrogen) atoms. The Labute approximate surface area is 146 Å². The van der Waals surface area contributed by atoms with Crippen molar-refractivity contribution in [1.82, 2.24) is 9.66 Å². The fourth-order valence-electron chi connectivity index (χ4n) is 2.47. The fraction of sp³-hybridized carbons (Fsp3) is 0.263. The number of ether oxygens (including phenoxy) is 2. The molecule has 6 heteroatoms. The number of aromatic nitrogens is 2. The molecule has 0 bridgehead atoms. The second-order valence-corrected chi connectivity index (χ2v) is 5.49. The topological polar surface area (TPSA) is 65.4 Å². The molecule has 1 N–H and O–H groups in total. The van der Waals surface area contributed by atoms with E-state index in [9.17, 15) is 4.79 Å². The number of amides is 1. The van der Waals surface area contributed by atoms with Crippen molar-refractivity contribution in [3.05, 3.63) is 54.4 Å². The number of imidazole rings is 1. The molecule has 0 fully saturated rings. The summed E-state index contributed by atoms with van der Waals surface area (Å²) in [5.41, 5.74) is 4.98. The van der Waals surface area contributed by atoms with Crippen molar-refractivity contribution in [3.63, 3.8) is 0 Å². The Balaban J connectivity index is 1.82. The van der Waals surface area contributed by atoms with Crippen LogP contribution in [0, 0.1) is 0 Å². The van der Waals surface area contributed by atoms with Gasteiger partial charge in [0, 0.05) is 5.56 Å². The van der Waals surface area contributed by atoms with Gasteiger partial charge in [-0.05, 0) is 43.7 Å². The van der Waals surface area contributed by atoms with E-state index in [0.717, 1.165) is 17.5 Å². The molecule has 0 aliphatic heterocycles. The number of hydrogen-bond acceptors (Lipinski definition) is 4. The maximum absolute atomic E-state index is 12.6. The summed E-state index contributed by atoms with van der Waals surface area (Å²) >= 11 is 0. The van der Waals surface area contributed by atoms with Crippen molar-refractivity contribution in [2.24, 2.45) is 0 Å². The number of nitrogens with zero attached hydrogens (tertiary/aromatic N) is 2. The van der Waals surface area contributed by atoms with Gasteiger partial charge >= 0.3 is 0 Å². The van der Waals surface area contributed by atoms with Gasteiger partial charge in [-0.2, -0.15) is 0 Å². The molecule has 130 valence electrons. The third-order valence-electron chi connectivity index (χ3n) is 3.64. The first-order valence-electron chi connectivity index (χ1n) is 8.36. The Morgan fingerprint density at radius 1 is 1.12 bits per heavy atom. The average molecular weight is 339 g/mol. The van der Waals surface area contributed by atoms with Gasteiger partial charge in [0.2, 0.25) is 0 Å². The van der Waals surface area contributed by atoms with Crippen LogP contribution in [0.1, 0.15) is 30.6 Å². The molecule has 0 unspecified atom stereocenters. The molecule has 1 amide bonds. The van der Waals surface area contributed by atoms with Gasteiger partial charge < -0.3 is 9.47 Å². The standard InChI is InChI=1S/C19H21N3O3/c1-3-11-25-17-10-9-14(12-18(17)24-4-2)19(23)21-22-13-20-15-7-5-6-8-16(15)22/h5-10,12-13H,3-4,11H2,1-2H3,(H,21,23). The lowest BCUT2D eigenvalue weighted by Crippen LogP contribution is -2.22. The summed E-state index contributed by atoms with van der Waals surface area (Å²) in [4.78, 5) is 16.8. The molecule has 0 atom stereocenters. The fourth-order valence-corrected chi connectivity index (χ4v) is 2.47. The highest BCUT2D eigenvalue weighted by atomic mass is 16.5. The van der Waals surface area contributed by atoms with Gasteiger partial charge in [0.25, 0.3) is 5.91 Å². The first-order valence-corrected chi connectivity index (χ1v) is 8.36. The zero-order valence-corrected chi connectivity index (χ0v) is 14.4. The van der Waals surface area contributed by atoms with Crippen LogP contribution in [0.5, 0.6) is 11.5 Å². The van der Waals surface area contributed by atoms with Crippen molar-refractivity contribution >= 4 is 16.9 Å². The average Bonchev–Trinajstić information content (AvgIpc) is 3.04. The van der Waals surface area contributed by atoms with E-state index >= 15 is 0 Å². The lowest BCUT2D eigenvalue weighted by atomic mass is 10.2. The van der Waals surface area contributed by atoms with E-state index in [1.54, 1.807) is 29.2 Å². The Morgan fingerprint density at radius 2 is 1.96 bits per heavy atom. The zero-order valence-electron chi connectivity index (χ0n) is 14.4. The summed E-state index contributed by atoms with van der Waals surface area (Å²) in [6.07, 6.45) is 2.49. The zero-order chi connectivity index (χ0) is 17.6. The van der Waals surface area contributed by atoms with Crippen LogP contribution in [-0.2, 0) is 0 Å². The molecule has 0 aliphatic carbocycles. The maximum atomic E-state index is 12.6. The van der Waals surface area contributed by atoms with E-state index in [2.05, 4.69) is 10.4 Å². The smallest absolute Gasteiger partial charge is 0.270 e. The monoisotopic (exact) mass is 339 g/mol. The molecule has 3 rings (SSSR count). The van der Waals surface area contributed by atoms with E-state index in [0.29, 0.717) is 30.3 Å². The molecule has 0 aliphatic rings. The lowest BCUT2D eigenvalue weighted by Gasteiger charge is -2.13. The van der Waals surface area contributed by atoms with Crippen LogP contribution in [0.15, 0.2) is 48.8 Å². The van der Waals surface area contributed by atoms with Crippen LogP contribution in [0.2, 0.25) is 0 Å². The number of rotatable bonds is 7. The molecule has 0 radical (unpaired) electrons. The van der Waals surface area contributed by atoms with Crippen LogP contribution in [0.4, 0.5) is 0 Å². The molecule has 6 nitrogen and oxygen atoms in total. The quantitative estimate of drug-likeness (QED) is 0.714. The van der Waals surface area contributed by atoms with Crippen molar-refractivity contribution in [3.8, 4) is 11.5 Å². The van der Waals surface area contributed by atoms with Crippen molar-refractivity contribution < 1.29 is 14.3 Å². The molecule has 0 saturated heterocycles. The predicted octanol–water partition coefficient (Wildman–Crippen LogP) is 3.61. The molecule has 2 aromatic carbocycles. The third kappa shape index (κ3) is 3.74. The number of carbonyl (C=O) groups excluding carboxylic acids is 1. The number of para-hydroxylation sites is 2. The lowest BCUT2D eigenvalue weighted by molar-refractivity contribution is 0.101. The Bertz CT molecular complexity index is 873. The Morgan fingerprint density at radius 3 is 2.76 bits per heavy atom. The van der Waals surface area contributed by atoms with E-state index in [-0.39, 0.29) is 5.91 Å². The first-order chi connectivity index (χ1) is 12.2. The van der Waals surface area contributed by atoms with Gasteiger partial charge in [-0.1, -0.05) is 19.1 Å². The van der Waals surface area contributed by atoms with Gasteiger partial charge in [-0.25, -0.2) is 9.66 Å². The summed E-state index contributed by atoms with van der Waals surface area (Å²) in [6.45, 7) is 5.04. The number of hydrogen-bond donors (Lipinski definition) is 1. The number of fused-ring (bicyclic) bond motifs is 1. The second-order valence-electron chi connectivity index (χ2n) is 5.49. The normalized spacial score (nSPS) is 10.6. The van der Waals surface area contributed by atoms with E-state index < -0.39 is 0 Å². The second kappa shape index (κ2) is 7.70. The summed E-state index contributed by atoms with van der Waals surface area (Å²) in [7, 11) is 0. The number of nitrogens with one attached hydrogen (secondary N) is 1.